The first-order valence-electron chi connectivity index (χ1n) is 5.87. The zero-order valence-corrected chi connectivity index (χ0v) is 15.7. The fourth-order valence-corrected chi connectivity index (χ4v) is 1.27. The summed E-state index contributed by atoms with van der Waals surface area (Å²) in [4.78, 5) is 0. The Hall–Kier alpha value is 0.601. The molecule has 0 aromatic heterocycles. The Morgan fingerprint density at radius 3 is 2.26 bits per heavy atom. The first-order valence-corrected chi connectivity index (χ1v) is 5.87. The minimum atomic E-state index is -1.36. The molecular weight excluding hydrogens is 270 g/mol. The Kier molecular flexibility index (Phi) is 7.80. The van der Waals surface area contributed by atoms with Crippen LogP contribution in [0.1, 0.15) is 27.7 Å². The first-order chi connectivity index (χ1) is 8.17. The molecule has 0 fully saturated rings. The van der Waals surface area contributed by atoms with Crippen molar-refractivity contribution in [2.45, 2.75) is 38.9 Å². The van der Waals surface area contributed by atoms with E-state index in [0.29, 0.717) is 11.2 Å². The molecule has 1 rings (SSSR count). The quantitative estimate of drug-likeness (QED) is 0.601. The van der Waals surface area contributed by atoms with Crippen LogP contribution >= 0.6 is 0 Å². The van der Waals surface area contributed by atoms with Gasteiger partial charge < -0.3 is 19.5 Å². The molecule has 0 spiro atoms. The number of rotatable bonds is 5. The fourth-order valence-electron chi connectivity index (χ4n) is 1.27. The summed E-state index contributed by atoms with van der Waals surface area (Å²) in [6.07, 6.45) is 0. The normalized spacial score (nSPS) is 11.7. The van der Waals surface area contributed by atoms with Crippen LogP contribution < -0.4 is 66.6 Å². The smallest absolute Gasteiger partial charge is 0.853 e. The fraction of sp³-hybridized carbons (Fsp3) is 0.538. The largest absolute Gasteiger partial charge is 1.00 e. The average molecular weight is 290 g/mol. The number of ether oxygens (including phenoxy) is 1. The van der Waals surface area contributed by atoms with Crippen LogP contribution in [0.5, 0.6) is 5.75 Å². The van der Waals surface area contributed by atoms with Crippen LogP contribution in [0.3, 0.4) is 0 Å². The predicted octanol–water partition coefficient (Wildman–Crippen LogP) is -2.68. The van der Waals surface area contributed by atoms with Gasteiger partial charge >= 0.3 is 51.4 Å². The molecule has 0 heterocycles. The Morgan fingerprint density at radius 1 is 1.21 bits per heavy atom. The second-order valence-electron chi connectivity index (χ2n) is 5.30. The van der Waals surface area contributed by atoms with Gasteiger partial charge in [-0.15, -0.1) is 0 Å². The van der Waals surface area contributed by atoms with Crippen molar-refractivity contribution < 1.29 is 70.9 Å². The molecule has 6 heteroatoms. The SMILES string of the molecule is COc1cccc(B([O-])OC(C)(C)C(C)(C)O)c1.[K+]. The minimum absolute atomic E-state index is 0. The standard InChI is InChI=1S/C13H20BO4.K/c1-12(2,15)13(3,4)18-14(16)10-7-6-8-11(9-10)17-5;/h6-9,15H,1-5H3;/q-1;+1. The molecular formula is C13H20BKO4. The molecule has 0 radical (unpaired) electrons. The Labute approximate surface area is 158 Å². The number of benzene rings is 1. The van der Waals surface area contributed by atoms with Crippen molar-refractivity contribution in [1.29, 1.82) is 0 Å². The van der Waals surface area contributed by atoms with E-state index in [1.165, 1.54) is 0 Å². The van der Waals surface area contributed by atoms with E-state index in [0.717, 1.165) is 0 Å². The van der Waals surface area contributed by atoms with E-state index in [9.17, 15) is 10.1 Å². The van der Waals surface area contributed by atoms with Crippen LogP contribution in [-0.4, -0.2) is 30.5 Å². The maximum Gasteiger partial charge on any atom is 1.00 e. The van der Waals surface area contributed by atoms with Crippen molar-refractivity contribution in [2.75, 3.05) is 7.11 Å². The number of hydrogen-bond acceptors (Lipinski definition) is 4. The van der Waals surface area contributed by atoms with Gasteiger partial charge in [0.15, 0.2) is 0 Å². The van der Waals surface area contributed by atoms with Crippen LogP contribution in [0.2, 0.25) is 0 Å². The third-order valence-electron chi connectivity index (χ3n) is 3.24. The molecule has 1 N–H and O–H groups in total. The van der Waals surface area contributed by atoms with Gasteiger partial charge in [0.1, 0.15) is 5.75 Å². The molecule has 1 aromatic rings. The number of methoxy groups -OCH3 is 1. The van der Waals surface area contributed by atoms with Crippen LogP contribution in [0.15, 0.2) is 24.3 Å². The van der Waals surface area contributed by atoms with Gasteiger partial charge in [-0.1, -0.05) is 17.6 Å². The molecule has 0 aliphatic carbocycles. The van der Waals surface area contributed by atoms with Gasteiger partial charge in [-0.25, -0.2) is 0 Å². The molecule has 0 saturated carbocycles. The van der Waals surface area contributed by atoms with Gasteiger partial charge in [0, 0.05) is 0 Å². The van der Waals surface area contributed by atoms with Crippen molar-refractivity contribution in [3.8, 4) is 5.75 Å². The minimum Gasteiger partial charge on any atom is -0.853 e. The van der Waals surface area contributed by atoms with E-state index >= 15 is 0 Å². The molecule has 4 nitrogen and oxygen atoms in total. The second kappa shape index (κ2) is 7.56. The molecule has 1 aromatic carbocycles. The maximum atomic E-state index is 12.1. The van der Waals surface area contributed by atoms with Gasteiger partial charge in [-0.05, 0) is 39.8 Å². The molecule has 0 saturated heterocycles. The van der Waals surface area contributed by atoms with E-state index in [1.54, 1.807) is 59.1 Å². The summed E-state index contributed by atoms with van der Waals surface area (Å²) in [5, 5.41) is 22.0. The molecule has 0 aliphatic heterocycles. The van der Waals surface area contributed by atoms with Crippen LogP contribution in [0.4, 0.5) is 0 Å². The van der Waals surface area contributed by atoms with Gasteiger partial charge in [0.25, 0.3) is 0 Å². The number of hydrogen-bond donors (Lipinski definition) is 1. The van der Waals surface area contributed by atoms with Gasteiger partial charge in [0.2, 0.25) is 7.12 Å². The van der Waals surface area contributed by atoms with Crippen molar-refractivity contribution in [2.24, 2.45) is 0 Å². The zero-order chi connectivity index (χ0) is 14.0. The van der Waals surface area contributed by atoms with E-state index < -0.39 is 18.3 Å². The van der Waals surface area contributed by atoms with Crippen LogP contribution in [0, 0.1) is 0 Å². The zero-order valence-electron chi connectivity index (χ0n) is 12.6. The molecule has 0 atom stereocenters. The molecule has 0 aliphatic rings. The Balaban J connectivity index is 0.00000324. The van der Waals surface area contributed by atoms with E-state index in [-0.39, 0.29) is 51.4 Å². The predicted molar refractivity (Wildman–Crippen MR) is 69.8 cm³/mol. The summed E-state index contributed by atoms with van der Waals surface area (Å²) in [7, 11) is 0.183. The molecule has 0 unspecified atom stereocenters. The van der Waals surface area contributed by atoms with Gasteiger partial charge in [-0.2, -0.15) is 0 Å². The molecule has 0 bridgehead atoms. The summed E-state index contributed by atoms with van der Waals surface area (Å²) in [6.45, 7) is 6.62. The summed E-state index contributed by atoms with van der Waals surface area (Å²) >= 11 is 0. The molecule has 0 amide bonds. The summed E-state index contributed by atoms with van der Waals surface area (Å²) < 4.78 is 10.5. The Bertz CT molecular complexity index is 404. The van der Waals surface area contributed by atoms with E-state index in [1.807, 2.05) is 0 Å². The van der Waals surface area contributed by atoms with Crippen molar-refractivity contribution >= 4 is 12.6 Å². The van der Waals surface area contributed by atoms with Crippen molar-refractivity contribution in [1.82, 2.24) is 0 Å². The third-order valence-corrected chi connectivity index (χ3v) is 3.24. The van der Waals surface area contributed by atoms with E-state index in [2.05, 4.69) is 0 Å². The van der Waals surface area contributed by atoms with Gasteiger partial charge in [-0.3, -0.25) is 0 Å². The van der Waals surface area contributed by atoms with Crippen LogP contribution in [0.25, 0.3) is 0 Å². The summed E-state index contributed by atoms with van der Waals surface area (Å²) in [5.74, 6) is 0.609. The maximum absolute atomic E-state index is 12.1. The summed E-state index contributed by atoms with van der Waals surface area (Å²) in [5.41, 5.74) is -1.57. The van der Waals surface area contributed by atoms with Gasteiger partial charge in [0.05, 0.1) is 18.3 Å². The monoisotopic (exact) mass is 290 g/mol. The number of aliphatic hydroxyl groups is 1. The van der Waals surface area contributed by atoms with Crippen LogP contribution in [-0.2, 0) is 4.65 Å². The van der Waals surface area contributed by atoms with Crippen molar-refractivity contribution in [3.05, 3.63) is 24.3 Å². The second-order valence-corrected chi connectivity index (χ2v) is 5.30. The summed E-state index contributed by atoms with van der Waals surface area (Å²) in [6, 6.07) is 6.82. The molecule has 19 heavy (non-hydrogen) atoms. The topological polar surface area (TPSA) is 61.8 Å². The molecule has 100 valence electrons. The Morgan fingerprint density at radius 2 is 1.79 bits per heavy atom. The van der Waals surface area contributed by atoms with Crippen molar-refractivity contribution in [3.63, 3.8) is 0 Å². The first kappa shape index (κ1) is 19.6. The third kappa shape index (κ3) is 5.47. The van der Waals surface area contributed by atoms with E-state index in [4.69, 9.17) is 9.39 Å². The average Bonchev–Trinajstić information content (AvgIpc) is 2.27.